The average molecular weight is 195 g/mol. The van der Waals surface area contributed by atoms with Gasteiger partial charge in [0, 0.05) is 18.4 Å². The Kier molecular flexibility index (Phi) is 1.77. The van der Waals surface area contributed by atoms with Gasteiger partial charge in [0.2, 0.25) is 0 Å². The predicted octanol–water partition coefficient (Wildman–Crippen LogP) is 0.683. The van der Waals surface area contributed by atoms with E-state index in [2.05, 4.69) is 11.9 Å². The standard InChI is InChI=1S/C11H17NO2/c1-6(13)11-10-7(5-12(11)2)8-3-4-9(10)14-8/h7-11H,3-5H2,1-2H3/t7-,8-,9+,10-,11-/m1/s1. The second-order valence-corrected chi connectivity index (χ2v) is 5.03. The van der Waals surface area contributed by atoms with E-state index in [1.807, 2.05) is 0 Å². The minimum Gasteiger partial charge on any atom is -0.374 e. The van der Waals surface area contributed by atoms with E-state index < -0.39 is 0 Å². The molecule has 0 aromatic heterocycles. The van der Waals surface area contributed by atoms with E-state index in [-0.39, 0.29) is 6.04 Å². The van der Waals surface area contributed by atoms with Crippen LogP contribution in [0.15, 0.2) is 0 Å². The summed E-state index contributed by atoms with van der Waals surface area (Å²) < 4.78 is 5.89. The first-order valence-electron chi connectivity index (χ1n) is 5.54. The lowest BCUT2D eigenvalue weighted by Gasteiger charge is -2.25. The number of rotatable bonds is 1. The summed E-state index contributed by atoms with van der Waals surface area (Å²) in [5.41, 5.74) is 0. The van der Waals surface area contributed by atoms with Crippen molar-refractivity contribution in [2.24, 2.45) is 11.8 Å². The van der Waals surface area contributed by atoms with Crippen LogP contribution in [0.4, 0.5) is 0 Å². The van der Waals surface area contributed by atoms with E-state index in [4.69, 9.17) is 4.74 Å². The van der Waals surface area contributed by atoms with Crippen LogP contribution in [-0.2, 0) is 9.53 Å². The summed E-state index contributed by atoms with van der Waals surface area (Å²) in [5, 5.41) is 0. The van der Waals surface area contributed by atoms with Gasteiger partial charge in [-0.25, -0.2) is 0 Å². The van der Waals surface area contributed by atoms with E-state index in [1.165, 1.54) is 12.8 Å². The van der Waals surface area contributed by atoms with E-state index in [1.54, 1.807) is 6.92 Å². The molecule has 0 aliphatic carbocycles. The molecule has 0 radical (unpaired) electrons. The van der Waals surface area contributed by atoms with Gasteiger partial charge in [0.05, 0.1) is 18.2 Å². The molecule has 0 aromatic carbocycles. The van der Waals surface area contributed by atoms with Crippen molar-refractivity contribution in [2.75, 3.05) is 13.6 Å². The molecule has 0 unspecified atom stereocenters. The number of carbonyl (C=O) groups excluding carboxylic acids is 1. The molecule has 3 fully saturated rings. The molecule has 3 heterocycles. The molecule has 0 saturated carbocycles. The summed E-state index contributed by atoms with van der Waals surface area (Å²) in [5.74, 6) is 1.44. The van der Waals surface area contributed by atoms with Gasteiger partial charge >= 0.3 is 0 Å². The molecule has 0 N–H and O–H groups in total. The van der Waals surface area contributed by atoms with Crippen LogP contribution >= 0.6 is 0 Å². The summed E-state index contributed by atoms with van der Waals surface area (Å²) in [7, 11) is 2.07. The summed E-state index contributed by atoms with van der Waals surface area (Å²) >= 11 is 0. The monoisotopic (exact) mass is 195 g/mol. The van der Waals surface area contributed by atoms with Crippen molar-refractivity contribution in [3.8, 4) is 0 Å². The van der Waals surface area contributed by atoms with E-state index >= 15 is 0 Å². The predicted molar refractivity (Wildman–Crippen MR) is 52.0 cm³/mol. The second kappa shape index (κ2) is 2.80. The fourth-order valence-corrected chi connectivity index (χ4v) is 3.81. The zero-order chi connectivity index (χ0) is 9.87. The fraction of sp³-hybridized carbons (Fsp3) is 0.909. The Labute approximate surface area is 84.4 Å². The zero-order valence-corrected chi connectivity index (χ0v) is 8.77. The third-order valence-corrected chi connectivity index (χ3v) is 4.24. The Morgan fingerprint density at radius 2 is 2.07 bits per heavy atom. The highest BCUT2D eigenvalue weighted by atomic mass is 16.5. The average Bonchev–Trinajstić information content (AvgIpc) is 2.70. The summed E-state index contributed by atoms with van der Waals surface area (Å²) in [6.45, 7) is 2.77. The van der Waals surface area contributed by atoms with Crippen LogP contribution in [0.25, 0.3) is 0 Å². The molecule has 3 rings (SSSR count). The van der Waals surface area contributed by atoms with Gasteiger partial charge in [-0.15, -0.1) is 0 Å². The Bertz CT molecular complexity index is 278. The molecular weight excluding hydrogens is 178 g/mol. The molecule has 78 valence electrons. The Morgan fingerprint density at radius 3 is 2.79 bits per heavy atom. The van der Waals surface area contributed by atoms with Crippen molar-refractivity contribution in [2.45, 2.75) is 38.0 Å². The number of Topliss-reactive ketones (excluding diaryl/α,β-unsaturated/α-hetero) is 1. The maximum atomic E-state index is 11.6. The van der Waals surface area contributed by atoms with E-state index in [0.717, 1.165) is 6.54 Å². The van der Waals surface area contributed by atoms with Crippen LogP contribution in [0.1, 0.15) is 19.8 Å². The lowest BCUT2D eigenvalue weighted by molar-refractivity contribution is -0.122. The number of carbonyl (C=O) groups is 1. The van der Waals surface area contributed by atoms with Crippen molar-refractivity contribution in [1.29, 1.82) is 0 Å². The highest BCUT2D eigenvalue weighted by Gasteiger charge is 2.57. The van der Waals surface area contributed by atoms with Crippen LogP contribution < -0.4 is 0 Å². The third kappa shape index (κ3) is 0.971. The van der Waals surface area contributed by atoms with Gasteiger partial charge in [-0.1, -0.05) is 0 Å². The van der Waals surface area contributed by atoms with Gasteiger partial charge < -0.3 is 4.74 Å². The van der Waals surface area contributed by atoms with Gasteiger partial charge in [0.15, 0.2) is 0 Å². The minimum absolute atomic E-state index is 0.135. The topological polar surface area (TPSA) is 29.5 Å². The molecule has 14 heavy (non-hydrogen) atoms. The number of hydrogen-bond donors (Lipinski definition) is 0. The number of likely N-dealkylation sites (N-methyl/N-ethyl adjacent to an activating group) is 1. The molecule has 0 amide bonds. The summed E-state index contributed by atoms with van der Waals surface area (Å²) in [6.07, 6.45) is 3.22. The summed E-state index contributed by atoms with van der Waals surface area (Å²) in [4.78, 5) is 13.8. The molecule has 3 aliphatic rings. The van der Waals surface area contributed by atoms with Crippen LogP contribution in [0.5, 0.6) is 0 Å². The normalized spacial score (nSPS) is 51.1. The van der Waals surface area contributed by atoms with Gasteiger partial charge in [0.25, 0.3) is 0 Å². The largest absolute Gasteiger partial charge is 0.374 e. The number of likely N-dealkylation sites (tertiary alicyclic amines) is 1. The highest BCUT2D eigenvalue weighted by molar-refractivity contribution is 5.82. The number of fused-ring (bicyclic) bond motifs is 5. The molecule has 5 atom stereocenters. The van der Waals surface area contributed by atoms with E-state index in [0.29, 0.717) is 29.8 Å². The maximum absolute atomic E-state index is 11.6. The molecule has 3 saturated heterocycles. The molecule has 3 heteroatoms. The molecule has 0 spiro atoms. The van der Waals surface area contributed by atoms with Crippen molar-refractivity contribution >= 4 is 5.78 Å². The van der Waals surface area contributed by atoms with Crippen LogP contribution in [0, 0.1) is 11.8 Å². The number of ketones is 1. The fourth-order valence-electron chi connectivity index (χ4n) is 3.81. The molecule has 3 aliphatic heterocycles. The number of nitrogens with zero attached hydrogens (tertiary/aromatic N) is 1. The number of hydrogen-bond acceptors (Lipinski definition) is 3. The Balaban J connectivity index is 1.91. The summed E-state index contributed by atoms with van der Waals surface area (Å²) in [6, 6.07) is 0.135. The lowest BCUT2D eigenvalue weighted by Crippen LogP contribution is -2.39. The van der Waals surface area contributed by atoms with Gasteiger partial charge in [0.1, 0.15) is 5.78 Å². The van der Waals surface area contributed by atoms with Gasteiger partial charge in [-0.05, 0) is 26.8 Å². The van der Waals surface area contributed by atoms with Gasteiger partial charge in [-0.2, -0.15) is 0 Å². The van der Waals surface area contributed by atoms with Crippen LogP contribution in [-0.4, -0.2) is 42.5 Å². The first-order chi connectivity index (χ1) is 6.68. The molecule has 2 bridgehead atoms. The number of ether oxygens (including phenoxy) is 1. The Hall–Kier alpha value is -0.410. The third-order valence-electron chi connectivity index (χ3n) is 4.24. The first-order valence-corrected chi connectivity index (χ1v) is 5.54. The SMILES string of the molecule is CC(=O)[C@@H]1[C@@H]2[C@H](CN1C)[C@H]1CC[C@@H]2O1. The van der Waals surface area contributed by atoms with E-state index in [9.17, 15) is 4.79 Å². The van der Waals surface area contributed by atoms with Crippen LogP contribution in [0.2, 0.25) is 0 Å². The molecule has 3 nitrogen and oxygen atoms in total. The van der Waals surface area contributed by atoms with Gasteiger partial charge in [-0.3, -0.25) is 9.69 Å². The van der Waals surface area contributed by atoms with Crippen LogP contribution in [0.3, 0.4) is 0 Å². The van der Waals surface area contributed by atoms with Crippen molar-refractivity contribution in [3.63, 3.8) is 0 Å². The van der Waals surface area contributed by atoms with Crippen molar-refractivity contribution in [1.82, 2.24) is 4.90 Å². The quantitative estimate of drug-likeness (QED) is 0.616. The maximum Gasteiger partial charge on any atom is 0.147 e. The van der Waals surface area contributed by atoms with Crippen molar-refractivity contribution in [3.05, 3.63) is 0 Å². The van der Waals surface area contributed by atoms with Crippen molar-refractivity contribution < 1.29 is 9.53 Å². The first kappa shape index (κ1) is 8.86. The lowest BCUT2D eigenvalue weighted by atomic mass is 9.78. The Morgan fingerprint density at radius 1 is 1.36 bits per heavy atom. The zero-order valence-electron chi connectivity index (χ0n) is 8.77. The minimum atomic E-state index is 0.135. The second-order valence-electron chi connectivity index (χ2n) is 5.03. The smallest absolute Gasteiger partial charge is 0.147 e. The highest BCUT2D eigenvalue weighted by Crippen LogP contribution is 2.49. The molecular formula is C11H17NO2. The molecule has 0 aromatic rings.